The lowest BCUT2D eigenvalue weighted by molar-refractivity contribution is 0.0696. The van der Waals surface area contributed by atoms with Crippen LogP contribution in [-0.4, -0.2) is 16.2 Å². The van der Waals surface area contributed by atoms with Gasteiger partial charge in [0.2, 0.25) is 0 Å². The fraction of sp³-hybridized carbons (Fsp3) is 0.788. The van der Waals surface area contributed by atoms with E-state index in [4.69, 9.17) is 5.11 Å². The van der Waals surface area contributed by atoms with Gasteiger partial charge in [0.1, 0.15) is 5.75 Å². The number of phenols is 1. The maximum Gasteiger partial charge on any atom is 0.335 e. The van der Waals surface area contributed by atoms with Gasteiger partial charge in [-0.3, -0.25) is 0 Å². The number of aromatic hydroxyl groups is 1. The van der Waals surface area contributed by atoms with Crippen LogP contribution >= 0.6 is 0 Å². The van der Waals surface area contributed by atoms with Crippen LogP contribution in [0.2, 0.25) is 0 Å². The van der Waals surface area contributed by atoms with Gasteiger partial charge in [0, 0.05) is 5.56 Å². The molecule has 0 aliphatic carbocycles. The summed E-state index contributed by atoms with van der Waals surface area (Å²) in [7, 11) is 0. The predicted molar refractivity (Wildman–Crippen MR) is 157 cm³/mol. The predicted octanol–water partition coefficient (Wildman–Crippen LogP) is 10.9. The molecule has 1 unspecified atom stereocenters. The van der Waals surface area contributed by atoms with Crippen LogP contribution < -0.4 is 0 Å². The molecule has 0 amide bonds. The Labute approximate surface area is 224 Å². The first kappa shape index (κ1) is 34.5. The van der Waals surface area contributed by atoms with E-state index in [0.29, 0.717) is 11.0 Å². The Hall–Kier alpha value is -1.51. The summed E-state index contributed by atoms with van der Waals surface area (Å²) in [6.45, 7) is 17.7. The molecule has 0 saturated heterocycles. The lowest BCUT2D eigenvalue weighted by atomic mass is 9.75. The first-order valence-electron chi connectivity index (χ1n) is 14.9. The normalized spacial score (nSPS) is 12.7. The SMILES string of the molecule is CC(C)(C)c1cc(C(=O)O)ccc1O.CCCCCCCCCCCCCC(CCCC)C(C)(C)C. The van der Waals surface area contributed by atoms with E-state index in [9.17, 15) is 9.90 Å². The van der Waals surface area contributed by atoms with Crippen LogP contribution in [-0.2, 0) is 5.41 Å². The summed E-state index contributed by atoms with van der Waals surface area (Å²) in [5, 5.41) is 18.3. The van der Waals surface area contributed by atoms with Crippen molar-refractivity contribution in [2.75, 3.05) is 0 Å². The third-order valence-electron chi connectivity index (χ3n) is 7.34. The van der Waals surface area contributed by atoms with Crippen molar-refractivity contribution >= 4 is 5.97 Å². The molecule has 0 saturated carbocycles. The number of carboxylic acids is 1. The molecule has 0 aromatic heterocycles. The van der Waals surface area contributed by atoms with Gasteiger partial charge < -0.3 is 10.2 Å². The van der Waals surface area contributed by atoms with Crippen LogP contribution in [0.5, 0.6) is 5.75 Å². The zero-order valence-corrected chi connectivity index (χ0v) is 25.2. The third kappa shape index (κ3) is 16.3. The first-order valence-corrected chi connectivity index (χ1v) is 14.9. The Morgan fingerprint density at radius 3 is 1.58 bits per heavy atom. The second kappa shape index (κ2) is 18.7. The number of carboxylic acid groups (broad SMARTS) is 1. The van der Waals surface area contributed by atoms with Gasteiger partial charge in [-0.2, -0.15) is 0 Å². The smallest absolute Gasteiger partial charge is 0.335 e. The van der Waals surface area contributed by atoms with Crippen LogP contribution in [0.15, 0.2) is 18.2 Å². The van der Waals surface area contributed by atoms with Crippen LogP contribution in [0.25, 0.3) is 0 Å². The molecule has 0 fully saturated rings. The highest BCUT2D eigenvalue weighted by molar-refractivity contribution is 5.88. The summed E-state index contributed by atoms with van der Waals surface area (Å²) >= 11 is 0. The maximum atomic E-state index is 10.7. The van der Waals surface area contributed by atoms with E-state index in [2.05, 4.69) is 34.6 Å². The van der Waals surface area contributed by atoms with E-state index in [1.165, 1.54) is 115 Å². The van der Waals surface area contributed by atoms with E-state index in [1.54, 1.807) is 0 Å². The van der Waals surface area contributed by atoms with Crippen LogP contribution in [0.4, 0.5) is 0 Å². The first-order chi connectivity index (χ1) is 16.8. The van der Waals surface area contributed by atoms with Crippen LogP contribution in [0, 0.1) is 11.3 Å². The van der Waals surface area contributed by atoms with Crippen molar-refractivity contribution in [1.29, 1.82) is 0 Å². The van der Waals surface area contributed by atoms with Gasteiger partial charge >= 0.3 is 5.97 Å². The van der Waals surface area contributed by atoms with Crippen LogP contribution in [0.1, 0.15) is 168 Å². The second-order valence-corrected chi connectivity index (χ2v) is 12.8. The zero-order valence-electron chi connectivity index (χ0n) is 25.2. The standard InChI is InChI=1S/C22H46.C11H14O3/c1-6-8-10-11-12-13-14-15-16-17-18-20-21(19-9-7-2)22(3,4)5;1-11(2,3)8-6-7(10(13)14)4-5-9(8)12/h21H,6-20H2,1-5H3;4-6,12H,1-3H3,(H,13,14). The number of hydrogen-bond acceptors (Lipinski definition) is 2. The summed E-state index contributed by atoms with van der Waals surface area (Å²) in [4.78, 5) is 10.7. The summed E-state index contributed by atoms with van der Waals surface area (Å²) in [6, 6.07) is 4.33. The van der Waals surface area contributed by atoms with Gasteiger partial charge in [-0.1, -0.05) is 139 Å². The Morgan fingerprint density at radius 1 is 0.722 bits per heavy atom. The van der Waals surface area contributed by atoms with Crippen molar-refractivity contribution in [2.24, 2.45) is 11.3 Å². The molecular weight excluding hydrogens is 444 g/mol. The minimum Gasteiger partial charge on any atom is -0.508 e. The molecule has 0 heterocycles. The van der Waals surface area contributed by atoms with Gasteiger partial charge in [0.05, 0.1) is 5.56 Å². The van der Waals surface area contributed by atoms with Crippen molar-refractivity contribution in [3.63, 3.8) is 0 Å². The monoisotopic (exact) mass is 504 g/mol. The lowest BCUT2D eigenvalue weighted by Gasteiger charge is -2.31. The molecule has 0 spiro atoms. The van der Waals surface area contributed by atoms with Crippen molar-refractivity contribution in [1.82, 2.24) is 0 Å². The molecule has 210 valence electrons. The van der Waals surface area contributed by atoms with Gasteiger partial charge in [-0.25, -0.2) is 4.79 Å². The summed E-state index contributed by atoms with van der Waals surface area (Å²) < 4.78 is 0. The van der Waals surface area contributed by atoms with E-state index in [0.717, 1.165) is 5.92 Å². The molecule has 1 aromatic rings. The molecule has 2 N–H and O–H groups in total. The number of rotatable bonds is 16. The number of aromatic carboxylic acids is 1. The maximum absolute atomic E-state index is 10.7. The van der Waals surface area contributed by atoms with Gasteiger partial charge in [0.15, 0.2) is 0 Å². The highest BCUT2D eigenvalue weighted by atomic mass is 16.4. The Bertz CT molecular complexity index is 694. The molecule has 1 rings (SSSR count). The largest absolute Gasteiger partial charge is 0.508 e. The van der Waals surface area contributed by atoms with Crippen molar-refractivity contribution in [3.05, 3.63) is 29.3 Å². The molecule has 1 atom stereocenters. The quantitative estimate of drug-likeness (QED) is 0.220. The molecule has 0 aliphatic heterocycles. The highest BCUT2D eigenvalue weighted by Gasteiger charge is 2.23. The minimum absolute atomic E-state index is 0.141. The molecule has 36 heavy (non-hydrogen) atoms. The van der Waals surface area contributed by atoms with E-state index < -0.39 is 5.97 Å². The fourth-order valence-electron chi connectivity index (χ4n) is 4.79. The van der Waals surface area contributed by atoms with Gasteiger partial charge in [0.25, 0.3) is 0 Å². The average molecular weight is 505 g/mol. The Morgan fingerprint density at radius 2 is 1.17 bits per heavy atom. The Balaban J connectivity index is 0.000000748. The number of phenolic OH excluding ortho intramolecular Hbond substituents is 1. The van der Waals surface area contributed by atoms with E-state index >= 15 is 0 Å². The van der Waals surface area contributed by atoms with Gasteiger partial charge in [-0.15, -0.1) is 0 Å². The Kier molecular flexibility index (Phi) is 17.9. The van der Waals surface area contributed by atoms with E-state index in [-0.39, 0.29) is 16.7 Å². The van der Waals surface area contributed by atoms with Crippen molar-refractivity contribution < 1.29 is 15.0 Å². The summed E-state index contributed by atoms with van der Waals surface area (Å²) in [6.07, 6.45) is 21.7. The molecule has 3 heteroatoms. The van der Waals surface area contributed by atoms with E-state index in [1.807, 2.05) is 20.8 Å². The summed E-state index contributed by atoms with van der Waals surface area (Å²) in [5.74, 6) is 0.101. The fourth-order valence-corrected chi connectivity index (χ4v) is 4.79. The molecule has 3 nitrogen and oxygen atoms in total. The lowest BCUT2D eigenvalue weighted by Crippen LogP contribution is -2.20. The van der Waals surface area contributed by atoms with Crippen molar-refractivity contribution in [2.45, 2.75) is 157 Å². The van der Waals surface area contributed by atoms with Crippen molar-refractivity contribution in [3.8, 4) is 5.75 Å². The zero-order chi connectivity index (χ0) is 27.6. The van der Waals surface area contributed by atoms with Crippen LogP contribution in [0.3, 0.4) is 0 Å². The number of carbonyl (C=O) groups is 1. The number of benzene rings is 1. The molecule has 0 radical (unpaired) electrons. The average Bonchev–Trinajstić information content (AvgIpc) is 2.78. The minimum atomic E-state index is -0.976. The highest BCUT2D eigenvalue weighted by Crippen LogP contribution is 2.34. The topological polar surface area (TPSA) is 57.5 Å². The summed E-state index contributed by atoms with van der Waals surface area (Å²) in [5.41, 5.74) is 1.11. The van der Waals surface area contributed by atoms with Gasteiger partial charge in [-0.05, 0) is 47.8 Å². The molecule has 1 aromatic carbocycles. The molecule has 0 aliphatic rings. The second-order valence-electron chi connectivity index (χ2n) is 12.8. The number of unbranched alkanes of at least 4 members (excludes halogenated alkanes) is 11. The third-order valence-corrected chi connectivity index (χ3v) is 7.34. The number of hydrogen-bond donors (Lipinski definition) is 2. The molecule has 0 bridgehead atoms. The molecular formula is C33H60O3.